The predicted molar refractivity (Wildman–Crippen MR) is 114 cm³/mol. The van der Waals surface area contributed by atoms with Crippen LogP contribution in [-0.4, -0.2) is 44.4 Å². The number of methoxy groups -OCH3 is 2. The Hall–Kier alpha value is -2.64. The Labute approximate surface area is 174 Å². The number of carbonyl (C=O) groups excluding carboxylic acids is 1. The van der Waals surface area contributed by atoms with Crippen molar-refractivity contribution in [1.82, 2.24) is 4.98 Å². The maximum atomic E-state index is 13.4. The number of fused-ring (bicyclic) bond motifs is 1. The molecule has 3 aromatic rings. The third-order valence-corrected chi connectivity index (χ3v) is 6.12. The summed E-state index contributed by atoms with van der Waals surface area (Å²) in [4.78, 5) is 19.8. The van der Waals surface area contributed by atoms with Crippen LogP contribution in [0.3, 0.4) is 0 Å². The lowest BCUT2D eigenvalue weighted by atomic mass is 10.1. The van der Waals surface area contributed by atoms with Crippen LogP contribution in [0.5, 0.6) is 11.5 Å². The van der Waals surface area contributed by atoms with Gasteiger partial charge in [-0.1, -0.05) is 29.5 Å². The van der Waals surface area contributed by atoms with E-state index in [1.54, 1.807) is 25.2 Å². The number of rotatable bonds is 7. The molecule has 0 N–H and O–H groups in total. The number of anilines is 1. The molecule has 2 aromatic carbocycles. The monoisotopic (exact) mass is 412 g/mol. The van der Waals surface area contributed by atoms with E-state index < -0.39 is 0 Å². The van der Waals surface area contributed by atoms with Gasteiger partial charge in [0.2, 0.25) is 5.91 Å². The second-order valence-electron chi connectivity index (χ2n) is 6.96. The number of hydrogen-bond acceptors (Lipinski definition) is 6. The zero-order valence-electron chi connectivity index (χ0n) is 16.6. The number of amides is 1. The lowest BCUT2D eigenvalue weighted by Gasteiger charge is -2.23. The summed E-state index contributed by atoms with van der Waals surface area (Å²) in [5, 5.41) is 0.708. The van der Waals surface area contributed by atoms with E-state index in [-0.39, 0.29) is 18.4 Å². The second kappa shape index (κ2) is 8.80. The van der Waals surface area contributed by atoms with Crippen molar-refractivity contribution in [2.75, 3.05) is 32.3 Å². The van der Waals surface area contributed by atoms with Gasteiger partial charge in [-0.15, -0.1) is 0 Å². The molecule has 7 heteroatoms. The van der Waals surface area contributed by atoms with E-state index >= 15 is 0 Å². The van der Waals surface area contributed by atoms with E-state index in [1.165, 1.54) is 11.3 Å². The molecule has 152 valence electrons. The summed E-state index contributed by atoms with van der Waals surface area (Å²) in [6.45, 7) is 1.26. The van der Waals surface area contributed by atoms with E-state index in [2.05, 4.69) is 0 Å². The first-order chi connectivity index (χ1) is 14.2. The highest BCUT2D eigenvalue weighted by Gasteiger charge is 2.27. The van der Waals surface area contributed by atoms with Gasteiger partial charge in [0.15, 0.2) is 5.13 Å². The Morgan fingerprint density at radius 1 is 1.24 bits per heavy atom. The first-order valence-electron chi connectivity index (χ1n) is 9.66. The van der Waals surface area contributed by atoms with Gasteiger partial charge in [-0.3, -0.25) is 9.69 Å². The summed E-state index contributed by atoms with van der Waals surface area (Å²) >= 11 is 1.53. The van der Waals surface area contributed by atoms with Gasteiger partial charge in [-0.2, -0.15) is 0 Å². The lowest BCUT2D eigenvalue weighted by Crippen LogP contribution is -2.38. The molecule has 1 atom stereocenters. The molecule has 0 radical (unpaired) electrons. The van der Waals surface area contributed by atoms with Crippen LogP contribution < -0.4 is 14.4 Å². The van der Waals surface area contributed by atoms with Gasteiger partial charge in [0.05, 0.1) is 43.5 Å². The smallest absolute Gasteiger partial charge is 0.233 e. The van der Waals surface area contributed by atoms with Crippen LogP contribution in [0, 0.1) is 0 Å². The minimum atomic E-state index is -0.0250. The summed E-state index contributed by atoms with van der Waals surface area (Å²) in [5.41, 5.74) is 1.72. The molecule has 29 heavy (non-hydrogen) atoms. The van der Waals surface area contributed by atoms with E-state index in [9.17, 15) is 4.79 Å². The van der Waals surface area contributed by atoms with Crippen molar-refractivity contribution in [3.05, 3.63) is 48.0 Å². The molecule has 4 rings (SSSR count). The second-order valence-corrected chi connectivity index (χ2v) is 7.97. The third kappa shape index (κ3) is 4.36. The fourth-order valence-electron chi connectivity index (χ4n) is 3.51. The first kappa shape index (κ1) is 19.7. The number of carbonyl (C=O) groups is 1. The maximum absolute atomic E-state index is 13.4. The topological polar surface area (TPSA) is 60.9 Å². The van der Waals surface area contributed by atoms with Gasteiger partial charge in [0, 0.05) is 18.2 Å². The summed E-state index contributed by atoms with van der Waals surface area (Å²) < 4.78 is 17.6. The van der Waals surface area contributed by atoms with Crippen molar-refractivity contribution in [1.29, 1.82) is 0 Å². The number of thiazole rings is 1. The number of nitrogens with zero attached hydrogens (tertiary/aromatic N) is 2. The van der Waals surface area contributed by atoms with Crippen LogP contribution in [0.25, 0.3) is 10.2 Å². The van der Waals surface area contributed by atoms with Crippen molar-refractivity contribution >= 4 is 32.6 Å². The molecule has 1 aliphatic rings. The lowest BCUT2D eigenvalue weighted by molar-refractivity contribution is -0.118. The van der Waals surface area contributed by atoms with Crippen molar-refractivity contribution in [2.24, 2.45) is 0 Å². The minimum absolute atomic E-state index is 0.0250. The SMILES string of the molecule is COc1ccc(CC(=O)N(CC2CCCO2)c2nc3ccccc3s2)c(OC)c1. The number of benzene rings is 2. The molecule has 1 aliphatic heterocycles. The van der Waals surface area contributed by atoms with Gasteiger partial charge >= 0.3 is 0 Å². The molecule has 1 amide bonds. The van der Waals surface area contributed by atoms with E-state index in [0.29, 0.717) is 23.2 Å². The fourth-order valence-corrected chi connectivity index (χ4v) is 4.50. The third-order valence-electron chi connectivity index (χ3n) is 5.06. The van der Waals surface area contributed by atoms with Gasteiger partial charge < -0.3 is 14.2 Å². The zero-order chi connectivity index (χ0) is 20.2. The van der Waals surface area contributed by atoms with E-state index in [1.807, 2.05) is 36.4 Å². The van der Waals surface area contributed by atoms with Crippen LogP contribution in [0.4, 0.5) is 5.13 Å². The van der Waals surface area contributed by atoms with Gasteiger partial charge in [0.25, 0.3) is 0 Å². The van der Waals surface area contributed by atoms with Crippen LogP contribution in [0.2, 0.25) is 0 Å². The van der Waals surface area contributed by atoms with E-state index in [4.69, 9.17) is 19.2 Å². The Bertz CT molecular complexity index is 964. The summed E-state index contributed by atoms with van der Waals surface area (Å²) in [7, 11) is 3.20. The summed E-state index contributed by atoms with van der Waals surface area (Å²) in [6.07, 6.45) is 2.25. The number of hydrogen-bond donors (Lipinski definition) is 0. The number of aromatic nitrogens is 1. The molecule has 2 heterocycles. The van der Waals surface area contributed by atoms with Crippen molar-refractivity contribution in [3.63, 3.8) is 0 Å². The highest BCUT2D eigenvalue weighted by atomic mass is 32.1. The van der Waals surface area contributed by atoms with Crippen LogP contribution in [-0.2, 0) is 16.0 Å². The summed E-state index contributed by atoms with van der Waals surface area (Å²) in [5.74, 6) is 1.31. The first-order valence-corrected chi connectivity index (χ1v) is 10.5. The Morgan fingerprint density at radius 2 is 2.10 bits per heavy atom. The highest BCUT2D eigenvalue weighted by molar-refractivity contribution is 7.22. The normalized spacial score (nSPS) is 16.1. The van der Waals surface area contributed by atoms with Crippen LogP contribution >= 0.6 is 11.3 Å². The van der Waals surface area contributed by atoms with Crippen molar-refractivity contribution in [3.8, 4) is 11.5 Å². The Kier molecular flexibility index (Phi) is 5.97. The number of para-hydroxylation sites is 1. The molecule has 0 bridgehead atoms. The van der Waals surface area contributed by atoms with Gasteiger partial charge in [0.1, 0.15) is 11.5 Å². The summed E-state index contributed by atoms with van der Waals surface area (Å²) in [6, 6.07) is 13.4. The fraction of sp³-hybridized carbons (Fsp3) is 0.364. The van der Waals surface area contributed by atoms with E-state index in [0.717, 1.165) is 35.2 Å². The molecule has 0 aliphatic carbocycles. The average Bonchev–Trinajstić information content (AvgIpc) is 3.41. The molecule has 0 saturated carbocycles. The molecule has 0 spiro atoms. The number of ether oxygens (including phenoxy) is 3. The average molecular weight is 413 g/mol. The maximum Gasteiger partial charge on any atom is 0.233 e. The van der Waals surface area contributed by atoms with Gasteiger partial charge in [-0.25, -0.2) is 4.98 Å². The highest BCUT2D eigenvalue weighted by Crippen LogP contribution is 2.31. The molecule has 1 aromatic heterocycles. The Balaban J connectivity index is 1.62. The minimum Gasteiger partial charge on any atom is -0.497 e. The van der Waals surface area contributed by atoms with Crippen LogP contribution in [0.15, 0.2) is 42.5 Å². The Morgan fingerprint density at radius 3 is 2.83 bits per heavy atom. The standard InChI is InChI=1S/C22H24N2O4S/c1-26-16-10-9-15(19(13-16)27-2)12-21(25)24(14-17-6-5-11-28-17)22-23-18-7-3-4-8-20(18)29-22/h3-4,7-10,13,17H,5-6,11-12,14H2,1-2H3. The van der Waals surface area contributed by atoms with Crippen molar-refractivity contribution < 1.29 is 19.0 Å². The molecule has 1 fully saturated rings. The molecule has 6 nitrogen and oxygen atoms in total. The predicted octanol–water partition coefficient (Wildman–Crippen LogP) is 4.07. The quantitative estimate of drug-likeness (QED) is 0.585. The molecule has 1 unspecified atom stereocenters. The molecular formula is C22H24N2O4S. The van der Waals surface area contributed by atoms with Crippen molar-refractivity contribution in [2.45, 2.75) is 25.4 Å². The zero-order valence-corrected chi connectivity index (χ0v) is 17.4. The largest absolute Gasteiger partial charge is 0.497 e. The van der Waals surface area contributed by atoms with Gasteiger partial charge in [-0.05, 0) is 31.0 Å². The molecular weight excluding hydrogens is 388 g/mol. The van der Waals surface area contributed by atoms with Crippen LogP contribution in [0.1, 0.15) is 18.4 Å². The molecule has 1 saturated heterocycles.